The quantitative estimate of drug-likeness (QED) is 0.850. The molecule has 0 aliphatic rings. The largest absolute Gasteiger partial charge is 0.389 e. The summed E-state index contributed by atoms with van der Waals surface area (Å²) < 4.78 is 0.978. The molecular weight excluding hydrogens is 310 g/mol. The number of hydrogen-bond donors (Lipinski definition) is 2. The monoisotopic (exact) mass is 321 g/mol. The first kappa shape index (κ1) is 13.0. The predicted octanol–water partition coefficient (Wildman–Crippen LogP) is 3.09. The van der Waals surface area contributed by atoms with Gasteiger partial charge in [-0.2, -0.15) is 0 Å². The molecule has 0 saturated carbocycles. The standard InChI is InChI=1S/C13H12BrN3S/c14-9-4-5-11(13(15)18)12(7-9)17-8-10-3-1-2-6-16-10/h1-7,17H,8H2,(H2,15,18). The summed E-state index contributed by atoms with van der Waals surface area (Å²) in [6.07, 6.45) is 1.77. The molecule has 0 saturated heterocycles. The SMILES string of the molecule is NC(=S)c1ccc(Br)cc1NCc1ccccn1. The van der Waals surface area contributed by atoms with E-state index in [1.807, 2.05) is 36.4 Å². The van der Waals surface area contributed by atoms with Crippen LogP contribution < -0.4 is 11.1 Å². The van der Waals surface area contributed by atoms with Gasteiger partial charge in [-0.05, 0) is 30.3 Å². The van der Waals surface area contributed by atoms with Crippen LogP contribution in [-0.4, -0.2) is 9.97 Å². The summed E-state index contributed by atoms with van der Waals surface area (Å²) in [5.74, 6) is 0. The van der Waals surface area contributed by atoms with E-state index in [-0.39, 0.29) is 0 Å². The number of thiocarbonyl (C=S) groups is 1. The summed E-state index contributed by atoms with van der Waals surface area (Å²) in [4.78, 5) is 4.63. The Labute approximate surface area is 120 Å². The second kappa shape index (κ2) is 5.93. The van der Waals surface area contributed by atoms with E-state index in [9.17, 15) is 0 Å². The Balaban J connectivity index is 2.18. The van der Waals surface area contributed by atoms with Gasteiger partial charge in [0.2, 0.25) is 0 Å². The number of benzene rings is 1. The van der Waals surface area contributed by atoms with Gasteiger partial charge in [-0.15, -0.1) is 0 Å². The average molecular weight is 322 g/mol. The molecule has 2 rings (SSSR count). The molecule has 0 aliphatic heterocycles. The highest BCUT2D eigenvalue weighted by Crippen LogP contribution is 2.22. The Morgan fingerprint density at radius 2 is 2.17 bits per heavy atom. The van der Waals surface area contributed by atoms with Crippen molar-refractivity contribution in [2.75, 3.05) is 5.32 Å². The van der Waals surface area contributed by atoms with E-state index >= 15 is 0 Å². The van der Waals surface area contributed by atoms with Gasteiger partial charge in [0.25, 0.3) is 0 Å². The van der Waals surface area contributed by atoms with E-state index in [1.165, 1.54) is 0 Å². The van der Waals surface area contributed by atoms with Crippen LogP contribution in [0.5, 0.6) is 0 Å². The third kappa shape index (κ3) is 3.27. The minimum Gasteiger partial charge on any atom is -0.389 e. The highest BCUT2D eigenvalue weighted by molar-refractivity contribution is 9.10. The van der Waals surface area contributed by atoms with Gasteiger partial charge in [-0.25, -0.2) is 0 Å². The third-order valence-corrected chi connectivity index (χ3v) is 3.15. The van der Waals surface area contributed by atoms with Crippen LogP contribution in [0.15, 0.2) is 47.1 Å². The van der Waals surface area contributed by atoms with Gasteiger partial charge in [0.05, 0.1) is 12.2 Å². The Kier molecular flexibility index (Phi) is 4.28. The maximum Gasteiger partial charge on any atom is 0.106 e. The molecule has 3 N–H and O–H groups in total. The topological polar surface area (TPSA) is 50.9 Å². The molecule has 0 fully saturated rings. The molecule has 5 heteroatoms. The van der Waals surface area contributed by atoms with Gasteiger partial charge >= 0.3 is 0 Å². The van der Waals surface area contributed by atoms with E-state index < -0.39 is 0 Å². The Bertz CT molecular complexity index is 557. The van der Waals surface area contributed by atoms with Crippen molar-refractivity contribution in [3.05, 3.63) is 58.3 Å². The zero-order valence-electron chi connectivity index (χ0n) is 9.56. The predicted molar refractivity (Wildman–Crippen MR) is 81.6 cm³/mol. The van der Waals surface area contributed by atoms with E-state index in [1.54, 1.807) is 6.20 Å². The lowest BCUT2D eigenvalue weighted by Gasteiger charge is -2.11. The molecule has 1 heterocycles. The Hall–Kier alpha value is -1.46. The van der Waals surface area contributed by atoms with E-state index in [2.05, 4.69) is 26.2 Å². The zero-order chi connectivity index (χ0) is 13.0. The van der Waals surface area contributed by atoms with Crippen molar-refractivity contribution < 1.29 is 0 Å². The lowest BCUT2D eigenvalue weighted by atomic mass is 10.1. The molecule has 0 bridgehead atoms. The Morgan fingerprint density at radius 3 is 2.83 bits per heavy atom. The first-order chi connectivity index (χ1) is 8.66. The third-order valence-electron chi connectivity index (χ3n) is 2.43. The number of nitrogens with zero attached hydrogens (tertiary/aromatic N) is 1. The molecule has 3 nitrogen and oxygen atoms in total. The molecule has 0 atom stereocenters. The Morgan fingerprint density at radius 1 is 1.33 bits per heavy atom. The summed E-state index contributed by atoms with van der Waals surface area (Å²) in [5.41, 5.74) is 8.40. The number of halogens is 1. The van der Waals surface area contributed by atoms with Gasteiger partial charge in [-0.1, -0.05) is 34.2 Å². The zero-order valence-corrected chi connectivity index (χ0v) is 12.0. The van der Waals surface area contributed by atoms with Crippen molar-refractivity contribution in [2.45, 2.75) is 6.54 Å². The number of nitrogens with two attached hydrogens (primary N) is 1. The fourth-order valence-electron chi connectivity index (χ4n) is 1.57. The van der Waals surface area contributed by atoms with Crippen LogP contribution in [-0.2, 0) is 6.54 Å². The second-order valence-electron chi connectivity index (χ2n) is 3.73. The van der Waals surface area contributed by atoms with Crippen LogP contribution in [0, 0.1) is 0 Å². The average Bonchev–Trinajstić information content (AvgIpc) is 2.37. The van der Waals surface area contributed by atoms with Crippen molar-refractivity contribution in [1.82, 2.24) is 4.98 Å². The molecule has 1 aromatic carbocycles. The molecule has 0 spiro atoms. The van der Waals surface area contributed by atoms with E-state index in [0.29, 0.717) is 11.5 Å². The van der Waals surface area contributed by atoms with Crippen molar-refractivity contribution in [2.24, 2.45) is 5.73 Å². The van der Waals surface area contributed by atoms with Crippen molar-refractivity contribution >= 4 is 38.8 Å². The van der Waals surface area contributed by atoms with Crippen molar-refractivity contribution in [3.63, 3.8) is 0 Å². The first-order valence-electron chi connectivity index (χ1n) is 5.40. The molecule has 2 aromatic rings. The van der Waals surface area contributed by atoms with Crippen LogP contribution in [0.4, 0.5) is 5.69 Å². The maximum absolute atomic E-state index is 5.69. The minimum absolute atomic E-state index is 0.381. The van der Waals surface area contributed by atoms with Crippen LogP contribution in [0.1, 0.15) is 11.3 Å². The summed E-state index contributed by atoms with van der Waals surface area (Å²) in [6.45, 7) is 0.632. The molecule has 92 valence electrons. The van der Waals surface area contributed by atoms with Gasteiger partial charge < -0.3 is 11.1 Å². The smallest absolute Gasteiger partial charge is 0.106 e. The molecule has 0 amide bonds. The molecule has 0 aliphatic carbocycles. The van der Waals surface area contributed by atoms with E-state index in [0.717, 1.165) is 21.4 Å². The highest BCUT2D eigenvalue weighted by Gasteiger charge is 2.05. The number of pyridine rings is 1. The number of rotatable bonds is 4. The highest BCUT2D eigenvalue weighted by atomic mass is 79.9. The summed E-state index contributed by atoms with van der Waals surface area (Å²) >= 11 is 8.46. The van der Waals surface area contributed by atoms with Crippen LogP contribution >= 0.6 is 28.1 Å². The fraction of sp³-hybridized carbons (Fsp3) is 0.0769. The number of aromatic nitrogens is 1. The molecular formula is C13H12BrN3S. The lowest BCUT2D eigenvalue weighted by Crippen LogP contribution is -2.13. The van der Waals surface area contributed by atoms with Gasteiger partial charge in [0.1, 0.15) is 4.99 Å². The summed E-state index contributed by atoms with van der Waals surface area (Å²) in [5, 5.41) is 3.29. The minimum atomic E-state index is 0.381. The van der Waals surface area contributed by atoms with Crippen LogP contribution in [0.3, 0.4) is 0 Å². The van der Waals surface area contributed by atoms with Gasteiger partial charge in [0, 0.05) is 21.9 Å². The molecule has 0 unspecified atom stereocenters. The maximum atomic E-state index is 5.69. The van der Waals surface area contributed by atoms with Crippen molar-refractivity contribution in [1.29, 1.82) is 0 Å². The van der Waals surface area contributed by atoms with Gasteiger partial charge in [0.15, 0.2) is 0 Å². The normalized spacial score (nSPS) is 10.1. The lowest BCUT2D eigenvalue weighted by molar-refractivity contribution is 1.04. The van der Waals surface area contributed by atoms with E-state index in [4.69, 9.17) is 18.0 Å². The fourth-order valence-corrected chi connectivity index (χ4v) is 2.11. The molecule has 0 radical (unpaired) electrons. The first-order valence-corrected chi connectivity index (χ1v) is 6.60. The number of nitrogens with one attached hydrogen (secondary N) is 1. The van der Waals surface area contributed by atoms with Crippen molar-refractivity contribution in [3.8, 4) is 0 Å². The molecule has 18 heavy (non-hydrogen) atoms. The summed E-state index contributed by atoms with van der Waals surface area (Å²) in [6, 6.07) is 11.6. The van der Waals surface area contributed by atoms with Crippen LogP contribution in [0.2, 0.25) is 0 Å². The summed E-state index contributed by atoms with van der Waals surface area (Å²) in [7, 11) is 0. The van der Waals surface area contributed by atoms with Gasteiger partial charge in [-0.3, -0.25) is 4.98 Å². The molecule has 1 aromatic heterocycles. The number of anilines is 1. The number of hydrogen-bond acceptors (Lipinski definition) is 3. The van der Waals surface area contributed by atoms with Crippen LogP contribution in [0.25, 0.3) is 0 Å². The second-order valence-corrected chi connectivity index (χ2v) is 5.08.